The lowest BCUT2D eigenvalue weighted by atomic mass is 10.0. The first-order chi connectivity index (χ1) is 10.4. The van der Waals surface area contributed by atoms with Crippen molar-refractivity contribution in [1.29, 1.82) is 0 Å². The summed E-state index contributed by atoms with van der Waals surface area (Å²) in [6.07, 6.45) is 1.95. The highest BCUT2D eigenvalue weighted by Gasteiger charge is 2.18. The standard InChI is InChI=1S/C16H23NO5/c1-5-6-10(2)12-9-11(3)14(16(20)22-12)15(19)17-8-7-13(18)21-4/h9-10H,5-8H2,1-4H3,(H,17,19). The molecule has 6 nitrogen and oxygen atoms in total. The Morgan fingerprint density at radius 1 is 1.41 bits per heavy atom. The fourth-order valence-corrected chi connectivity index (χ4v) is 2.19. The van der Waals surface area contributed by atoms with Crippen molar-refractivity contribution in [2.45, 2.75) is 46.0 Å². The lowest BCUT2D eigenvalue weighted by Crippen LogP contribution is -2.31. The number of rotatable bonds is 7. The van der Waals surface area contributed by atoms with E-state index in [4.69, 9.17) is 4.42 Å². The lowest BCUT2D eigenvalue weighted by molar-refractivity contribution is -0.140. The van der Waals surface area contributed by atoms with Crippen LogP contribution < -0.4 is 10.9 Å². The van der Waals surface area contributed by atoms with Crippen LogP contribution in [0.4, 0.5) is 0 Å². The molecule has 1 aromatic heterocycles. The Kier molecular flexibility index (Phi) is 6.82. The monoisotopic (exact) mass is 309 g/mol. The van der Waals surface area contributed by atoms with Gasteiger partial charge in [0.2, 0.25) is 0 Å². The predicted octanol–water partition coefficient (Wildman–Crippen LogP) is 2.14. The molecule has 0 aliphatic carbocycles. The fourth-order valence-electron chi connectivity index (χ4n) is 2.19. The topological polar surface area (TPSA) is 85.6 Å². The van der Waals surface area contributed by atoms with Crippen LogP contribution in [0.25, 0.3) is 0 Å². The van der Waals surface area contributed by atoms with E-state index in [9.17, 15) is 14.4 Å². The minimum atomic E-state index is -0.645. The quantitative estimate of drug-likeness (QED) is 0.780. The van der Waals surface area contributed by atoms with Crippen LogP contribution in [0.15, 0.2) is 15.3 Å². The molecule has 0 saturated heterocycles. The summed E-state index contributed by atoms with van der Waals surface area (Å²) < 4.78 is 9.75. The van der Waals surface area contributed by atoms with Crippen LogP contribution in [0.2, 0.25) is 0 Å². The summed E-state index contributed by atoms with van der Waals surface area (Å²) in [5, 5.41) is 2.52. The van der Waals surface area contributed by atoms with Crippen LogP contribution in [-0.4, -0.2) is 25.5 Å². The van der Waals surface area contributed by atoms with Gasteiger partial charge in [0.15, 0.2) is 0 Å². The average molecular weight is 309 g/mol. The van der Waals surface area contributed by atoms with Crippen LogP contribution in [0.5, 0.6) is 0 Å². The molecular formula is C16H23NO5. The number of methoxy groups -OCH3 is 1. The van der Waals surface area contributed by atoms with Gasteiger partial charge in [-0.25, -0.2) is 4.79 Å². The number of amides is 1. The molecule has 1 amide bonds. The van der Waals surface area contributed by atoms with Crippen molar-refractivity contribution in [3.63, 3.8) is 0 Å². The third-order valence-electron chi connectivity index (χ3n) is 3.44. The third-order valence-corrected chi connectivity index (χ3v) is 3.44. The zero-order chi connectivity index (χ0) is 16.7. The third kappa shape index (κ3) is 4.72. The molecule has 0 aliphatic heterocycles. The van der Waals surface area contributed by atoms with E-state index in [-0.39, 0.29) is 24.4 Å². The molecule has 0 saturated carbocycles. The minimum Gasteiger partial charge on any atom is -0.469 e. The molecule has 0 radical (unpaired) electrons. The van der Waals surface area contributed by atoms with Gasteiger partial charge in [0.25, 0.3) is 5.91 Å². The molecule has 0 bridgehead atoms. The maximum atomic E-state index is 12.0. The van der Waals surface area contributed by atoms with E-state index in [1.807, 2.05) is 6.92 Å². The number of carbonyl (C=O) groups excluding carboxylic acids is 2. The Hall–Kier alpha value is -2.11. The Morgan fingerprint density at radius 2 is 2.09 bits per heavy atom. The summed E-state index contributed by atoms with van der Waals surface area (Å²) in [4.78, 5) is 35.1. The summed E-state index contributed by atoms with van der Waals surface area (Å²) in [6.45, 7) is 5.86. The van der Waals surface area contributed by atoms with Crippen LogP contribution in [0.3, 0.4) is 0 Å². The summed E-state index contributed by atoms with van der Waals surface area (Å²) >= 11 is 0. The van der Waals surface area contributed by atoms with Gasteiger partial charge in [-0.15, -0.1) is 0 Å². The maximum Gasteiger partial charge on any atom is 0.349 e. The molecule has 0 aromatic carbocycles. The van der Waals surface area contributed by atoms with Gasteiger partial charge in [0.1, 0.15) is 11.3 Å². The number of aryl methyl sites for hydroxylation is 1. The van der Waals surface area contributed by atoms with Crippen LogP contribution in [0, 0.1) is 6.92 Å². The summed E-state index contributed by atoms with van der Waals surface area (Å²) in [6, 6.07) is 1.73. The van der Waals surface area contributed by atoms with Crippen molar-refractivity contribution in [3.8, 4) is 0 Å². The van der Waals surface area contributed by atoms with Crippen molar-refractivity contribution in [3.05, 3.63) is 33.4 Å². The Morgan fingerprint density at radius 3 is 2.64 bits per heavy atom. The number of hydrogen-bond acceptors (Lipinski definition) is 5. The van der Waals surface area contributed by atoms with Gasteiger partial charge in [-0.05, 0) is 25.0 Å². The number of nitrogens with one attached hydrogen (secondary N) is 1. The number of esters is 1. The van der Waals surface area contributed by atoms with Crippen molar-refractivity contribution in [1.82, 2.24) is 5.32 Å². The average Bonchev–Trinajstić information content (AvgIpc) is 2.46. The molecule has 22 heavy (non-hydrogen) atoms. The molecule has 1 aromatic rings. The molecule has 0 aliphatic rings. The molecule has 122 valence electrons. The first kappa shape index (κ1) is 17.9. The Bertz CT molecular complexity index is 591. The number of hydrogen-bond donors (Lipinski definition) is 1. The Labute approximate surface area is 129 Å². The molecule has 0 spiro atoms. The zero-order valence-corrected chi connectivity index (χ0v) is 13.5. The van der Waals surface area contributed by atoms with Gasteiger partial charge in [-0.1, -0.05) is 20.3 Å². The first-order valence-corrected chi connectivity index (χ1v) is 7.40. The lowest BCUT2D eigenvalue weighted by Gasteiger charge is -2.11. The smallest absolute Gasteiger partial charge is 0.349 e. The highest BCUT2D eigenvalue weighted by molar-refractivity contribution is 5.95. The van der Waals surface area contributed by atoms with Crippen LogP contribution in [0.1, 0.15) is 60.7 Å². The SMILES string of the molecule is CCCC(C)c1cc(C)c(C(=O)NCCC(=O)OC)c(=O)o1. The molecule has 1 rings (SSSR count). The normalized spacial score (nSPS) is 11.8. The van der Waals surface area contributed by atoms with E-state index < -0.39 is 17.5 Å². The second-order valence-electron chi connectivity index (χ2n) is 5.27. The summed E-state index contributed by atoms with van der Waals surface area (Å²) in [5.41, 5.74) is -0.0874. The highest BCUT2D eigenvalue weighted by Crippen LogP contribution is 2.21. The van der Waals surface area contributed by atoms with Gasteiger partial charge in [-0.3, -0.25) is 9.59 Å². The van der Waals surface area contributed by atoms with Gasteiger partial charge in [0, 0.05) is 12.5 Å². The van der Waals surface area contributed by atoms with Crippen molar-refractivity contribution < 1.29 is 18.7 Å². The molecule has 1 atom stereocenters. The zero-order valence-electron chi connectivity index (χ0n) is 13.5. The second kappa shape index (κ2) is 8.36. The molecule has 1 unspecified atom stereocenters. The van der Waals surface area contributed by atoms with Crippen molar-refractivity contribution in [2.75, 3.05) is 13.7 Å². The molecular weight excluding hydrogens is 286 g/mol. The van der Waals surface area contributed by atoms with Crippen LogP contribution in [-0.2, 0) is 9.53 Å². The minimum absolute atomic E-state index is 0.0164. The molecule has 1 N–H and O–H groups in total. The van der Waals surface area contributed by atoms with E-state index in [1.165, 1.54) is 7.11 Å². The van der Waals surface area contributed by atoms with Gasteiger partial charge >= 0.3 is 11.6 Å². The van der Waals surface area contributed by atoms with Gasteiger partial charge in [0.05, 0.1) is 13.5 Å². The fraction of sp³-hybridized carbons (Fsp3) is 0.562. The second-order valence-corrected chi connectivity index (χ2v) is 5.27. The molecule has 6 heteroatoms. The van der Waals surface area contributed by atoms with E-state index in [0.29, 0.717) is 11.3 Å². The van der Waals surface area contributed by atoms with Crippen molar-refractivity contribution >= 4 is 11.9 Å². The number of carbonyl (C=O) groups is 2. The predicted molar refractivity (Wildman–Crippen MR) is 82.0 cm³/mol. The molecule has 0 fully saturated rings. The van der Waals surface area contributed by atoms with Gasteiger partial charge in [-0.2, -0.15) is 0 Å². The van der Waals surface area contributed by atoms with E-state index in [2.05, 4.69) is 17.0 Å². The highest BCUT2D eigenvalue weighted by atomic mass is 16.5. The maximum absolute atomic E-state index is 12.0. The Balaban J connectivity index is 2.85. The van der Waals surface area contributed by atoms with E-state index in [0.717, 1.165) is 12.8 Å². The van der Waals surface area contributed by atoms with Crippen molar-refractivity contribution in [2.24, 2.45) is 0 Å². The first-order valence-electron chi connectivity index (χ1n) is 7.40. The molecule has 1 heterocycles. The summed E-state index contributed by atoms with van der Waals surface area (Å²) in [5.74, 6) is -0.235. The number of ether oxygens (including phenoxy) is 1. The van der Waals surface area contributed by atoms with Crippen LogP contribution >= 0.6 is 0 Å². The van der Waals surface area contributed by atoms with E-state index in [1.54, 1.807) is 13.0 Å². The summed E-state index contributed by atoms with van der Waals surface area (Å²) in [7, 11) is 1.28. The largest absolute Gasteiger partial charge is 0.469 e. The van der Waals surface area contributed by atoms with E-state index >= 15 is 0 Å². The van der Waals surface area contributed by atoms with Gasteiger partial charge < -0.3 is 14.5 Å².